The van der Waals surface area contributed by atoms with Crippen LogP contribution in [-0.2, 0) is 14.3 Å². The van der Waals surface area contributed by atoms with Crippen LogP contribution in [0.15, 0.2) is 34.7 Å². The lowest BCUT2D eigenvalue weighted by Gasteiger charge is -2.25. The zero-order valence-corrected chi connectivity index (χ0v) is 16.7. The zero-order chi connectivity index (χ0) is 20.5. The maximum absolute atomic E-state index is 13.0. The van der Waals surface area contributed by atoms with Crippen LogP contribution in [0.2, 0.25) is 0 Å². The van der Waals surface area contributed by atoms with Crippen LogP contribution in [0.1, 0.15) is 63.1 Å². The van der Waals surface area contributed by atoms with Gasteiger partial charge in [0, 0.05) is 18.0 Å². The SMILES string of the molecule is CC(C)c1oc(C2CCCN2C(=O)[C@@H]2CC[C@H](C(=O)O)O2)nc1-c1ccccc1. The molecule has 3 heterocycles. The number of aromatic nitrogens is 1. The van der Waals surface area contributed by atoms with Crippen molar-refractivity contribution >= 4 is 11.9 Å². The predicted molar refractivity (Wildman–Crippen MR) is 105 cm³/mol. The number of likely N-dealkylation sites (tertiary alicyclic amines) is 1. The van der Waals surface area contributed by atoms with E-state index in [-0.39, 0.29) is 17.9 Å². The first-order chi connectivity index (χ1) is 14.0. The van der Waals surface area contributed by atoms with Crippen LogP contribution in [-0.4, -0.2) is 45.6 Å². The molecule has 1 aromatic heterocycles. The van der Waals surface area contributed by atoms with Crippen LogP contribution in [0, 0.1) is 0 Å². The maximum atomic E-state index is 13.0. The van der Waals surface area contributed by atoms with Crippen LogP contribution in [0.5, 0.6) is 0 Å². The molecule has 7 nitrogen and oxygen atoms in total. The van der Waals surface area contributed by atoms with Crippen molar-refractivity contribution in [3.63, 3.8) is 0 Å². The quantitative estimate of drug-likeness (QED) is 0.824. The highest BCUT2D eigenvalue weighted by Crippen LogP contribution is 2.38. The van der Waals surface area contributed by atoms with Gasteiger partial charge >= 0.3 is 5.97 Å². The van der Waals surface area contributed by atoms with Crippen molar-refractivity contribution in [2.24, 2.45) is 0 Å². The van der Waals surface area contributed by atoms with E-state index in [1.54, 1.807) is 4.90 Å². The van der Waals surface area contributed by atoms with E-state index in [1.807, 2.05) is 30.3 Å². The minimum absolute atomic E-state index is 0.159. The fourth-order valence-corrected chi connectivity index (χ4v) is 4.16. The number of aliphatic carboxylic acids is 1. The summed E-state index contributed by atoms with van der Waals surface area (Å²) in [6.07, 6.45) is 0.808. The second-order valence-electron chi connectivity index (χ2n) is 8.00. The number of hydrogen-bond acceptors (Lipinski definition) is 5. The highest BCUT2D eigenvalue weighted by atomic mass is 16.5. The van der Waals surface area contributed by atoms with E-state index >= 15 is 0 Å². The molecule has 2 aromatic rings. The molecule has 0 aliphatic carbocycles. The number of carboxylic acids is 1. The molecule has 0 saturated carbocycles. The second kappa shape index (κ2) is 7.99. The number of carboxylic acid groups (broad SMARTS) is 1. The van der Waals surface area contributed by atoms with Gasteiger partial charge in [-0.25, -0.2) is 9.78 Å². The number of amides is 1. The Hall–Kier alpha value is -2.67. The molecule has 29 heavy (non-hydrogen) atoms. The Labute approximate surface area is 169 Å². The second-order valence-corrected chi connectivity index (χ2v) is 8.00. The number of oxazole rings is 1. The Morgan fingerprint density at radius 3 is 2.52 bits per heavy atom. The zero-order valence-electron chi connectivity index (χ0n) is 16.7. The molecule has 4 rings (SSSR count). The molecule has 2 aliphatic rings. The molecular formula is C22H26N2O5. The van der Waals surface area contributed by atoms with Crippen molar-refractivity contribution in [1.82, 2.24) is 9.88 Å². The molecule has 7 heteroatoms. The summed E-state index contributed by atoms with van der Waals surface area (Å²) in [4.78, 5) is 30.7. The lowest BCUT2D eigenvalue weighted by Crippen LogP contribution is -2.39. The summed E-state index contributed by atoms with van der Waals surface area (Å²) in [7, 11) is 0. The number of carbonyl (C=O) groups is 2. The van der Waals surface area contributed by atoms with Crippen LogP contribution in [0.3, 0.4) is 0 Å². The van der Waals surface area contributed by atoms with Crippen molar-refractivity contribution < 1.29 is 23.8 Å². The minimum Gasteiger partial charge on any atom is -0.479 e. The number of carbonyl (C=O) groups excluding carboxylic acids is 1. The number of rotatable bonds is 5. The smallest absolute Gasteiger partial charge is 0.332 e. The van der Waals surface area contributed by atoms with E-state index in [9.17, 15) is 9.59 Å². The average Bonchev–Trinajstić information content (AvgIpc) is 3.46. The first-order valence-electron chi connectivity index (χ1n) is 10.2. The van der Waals surface area contributed by atoms with E-state index < -0.39 is 18.2 Å². The van der Waals surface area contributed by atoms with Crippen molar-refractivity contribution in [3.05, 3.63) is 42.0 Å². The van der Waals surface area contributed by atoms with E-state index in [0.717, 1.165) is 29.9 Å². The van der Waals surface area contributed by atoms with E-state index in [4.69, 9.17) is 19.2 Å². The molecule has 1 unspecified atom stereocenters. The molecule has 0 radical (unpaired) electrons. The third-order valence-electron chi connectivity index (χ3n) is 5.63. The van der Waals surface area contributed by atoms with Gasteiger partial charge in [-0.1, -0.05) is 44.2 Å². The fourth-order valence-electron chi connectivity index (χ4n) is 4.16. The van der Waals surface area contributed by atoms with Crippen molar-refractivity contribution in [2.75, 3.05) is 6.54 Å². The lowest BCUT2D eigenvalue weighted by molar-refractivity contribution is -0.155. The topological polar surface area (TPSA) is 92.9 Å². The van der Waals surface area contributed by atoms with Gasteiger partial charge in [0.2, 0.25) is 5.89 Å². The molecule has 3 atom stereocenters. The third-order valence-corrected chi connectivity index (χ3v) is 5.63. The van der Waals surface area contributed by atoms with Crippen molar-refractivity contribution in [3.8, 4) is 11.3 Å². The molecule has 1 aromatic carbocycles. The van der Waals surface area contributed by atoms with Gasteiger partial charge < -0.3 is 19.2 Å². The van der Waals surface area contributed by atoms with Gasteiger partial charge in [-0.2, -0.15) is 0 Å². The van der Waals surface area contributed by atoms with Gasteiger partial charge in [-0.15, -0.1) is 0 Å². The van der Waals surface area contributed by atoms with Gasteiger partial charge in [0.05, 0.1) is 0 Å². The number of nitrogens with zero attached hydrogens (tertiary/aromatic N) is 2. The van der Waals surface area contributed by atoms with E-state index in [0.29, 0.717) is 25.3 Å². The molecule has 0 bridgehead atoms. The van der Waals surface area contributed by atoms with Crippen LogP contribution >= 0.6 is 0 Å². The Morgan fingerprint density at radius 1 is 1.14 bits per heavy atom. The highest BCUT2D eigenvalue weighted by Gasteiger charge is 2.42. The first kappa shape index (κ1) is 19.6. The Bertz CT molecular complexity index is 892. The number of hydrogen-bond donors (Lipinski definition) is 1. The van der Waals surface area contributed by atoms with Crippen molar-refractivity contribution in [2.45, 2.75) is 63.7 Å². The summed E-state index contributed by atoms with van der Waals surface area (Å²) in [5.41, 5.74) is 1.81. The summed E-state index contributed by atoms with van der Waals surface area (Å²) in [6.45, 7) is 4.72. The summed E-state index contributed by atoms with van der Waals surface area (Å²) in [5.74, 6) is 0.341. The average molecular weight is 398 g/mol. The van der Waals surface area contributed by atoms with Gasteiger partial charge in [-0.05, 0) is 25.7 Å². The third kappa shape index (κ3) is 3.79. The maximum Gasteiger partial charge on any atom is 0.332 e. The molecular weight excluding hydrogens is 372 g/mol. The fraction of sp³-hybridized carbons (Fsp3) is 0.500. The monoisotopic (exact) mass is 398 g/mol. The van der Waals surface area contributed by atoms with Gasteiger partial charge in [0.25, 0.3) is 5.91 Å². The van der Waals surface area contributed by atoms with E-state index in [1.165, 1.54) is 0 Å². The van der Waals surface area contributed by atoms with Crippen LogP contribution in [0.25, 0.3) is 11.3 Å². The molecule has 0 spiro atoms. The molecule has 1 N–H and O–H groups in total. The Kier molecular flexibility index (Phi) is 5.41. The standard InChI is InChI=1S/C22H26N2O5/c1-13(2)19-18(14-7-4-3-5-8-14)23-20(29-19)15-9-6-12-24(15)21(25)16-10-11-17(28-16)22(26)27/h3-5,7-8,13,15-17H,6,9-12H2,1-2H3,(H,26,27)/t15?,16-,17+/m0/s1. The van der Waals surface area contributed by atoms with Gasteiger partial charge in [0.15, 0.2) is 6.10 Å². The van der Waals surface area contributed by atoms with Gasteiger partial charge in [0.1, 0.15) is 23.6 Å². The summed E-state index contributed by atoms with van der Waals surface area (Å²) in [5, 5.41) is 9.13. The van der Waals surface area contributed by atoms with Gasteiger partial charge in [-0.3, -0.25) is 4.79 Å². The largest absolute Gasteiger partial charge is 0.479 e. The number of ether oxygens (including phenoxy) is 1. The molecule has 154 valence electrons. The normalized spacial score (nSPS) is 24.4. The first-order valence-corrected chi connectivity index (χ1v) is 10.2. The molecule has 2 fully saturated rings. The summed E-state index contributed by atoms with van der Waals surface area (Å²) in [6, 6.07) is 9.66. The lowest BCUT2D eigenvalue weighted by atomic mass is 10.0. The predicted octanol–water partition coefficient (Wildman–Crippen LogP) is 3.76. The molecule has 1 amide bonds. The highest BCUT2D eigenvalue weighted by molar-refractivity contribution is 5.83. The molecule has 2 aliphatic heterocycles. The molecule has 2 saturated heterocycles. The Balaban J connectivity index is 1.59. The van der Waals surface area contributed by atoms with Crippen LogP contribution in [0.4, 0.5) is 0 Å². The summed E-state index contributed by atoms with van der Waals surface area (Å²) < 4.78 is 11.7. The van der Waals surface area contributed by atoms with Crippen molar-refractivity contribution in [1.29, 1.82) is 0 Å². The minimum atomic E-state index is -1.01. The van der Waals surface area contributed by atoms with E-state index in [2.05, 4.69) is 13.8 Å². The Morgan fingerprint density at radius 2 is 1.86 bits per heavy atom. The van der Waals surface area contributed by atoms with Crippen LogP contribution < -0.4 is 0 Å². The summed E-state index contributed by atoms with van der Waals surface area (Å²) >= 11 is 0. The number of benzene rings is 1.